The molecule has 7 heteroatoms. The predicted octanol–water partition coefficient (Wildman–Crippen LogP) is 5.94. The van der Waals surface area contributed by atoms with Crippen molar-refractivity contribution in [3.05, 3.63) is 56.5 Å². The van der Waals surface area contributed by atoms with Crippen molar-refractivity contribution >= 4 is 63.8 Å². The van der Waals surface area contributed by atoms with Gasteiger partial charge in [0.05, 0.1) is 10.7 Å². The van der Waals surface area contributed by atoms with E-state index in [0.29, 0.717) is 31.5 Å². The SMILES string of the molecule is O=C(Nc1cc(Cl)cc(Cl)c1)Nc1cc(Cl)ccc1Cl. The second-order valence-corrected chi connectivity index (χ2v) is 5.58. The van der Waals surface area contributed by atoms with E-state index in [1.807, 2.05) is 0 Å². The van der Waals surface area contributed by atoms with Crippen LogP contribution < -0.4 is 10.6 Å². The van der Waals surface area contributed by atoms with Crippen molar-refractivity contribution in [2.45, 2.75) is 0 Å². The Kier molecular flexibility index (Phi) is 5.00. The van der Waals surface area contributed by atoms with Gasteiger partial charge in [0.25, 0.3) is 0 Å². The molecule has 0 bridgehead atoms. The normalized spacial score (nSPS) is 10.2. The van der Waals surface area contributed by atoms with E-state index < -0.39 is 6.03 Å². The summed E-state index contributed by atoms with van der Waals surface area (Å²) in [4.78, 5) is 11.9. The second kappa shape index (κ2) is 6.55. The minimum absolute atomic E-state index is 0.383. The molecule has 2 aromatic rings. The van der Waals surface area contributed by atoms with Gasteiger partial charge in [0, 0.05) is 20.8 Å². The lowest BCUT2D eigenvalue weighted by atomic mass is 10.3. The predicted molar refractivity (Wildman–Crippen MR) is 85.6 cm³/mol. The summed E-state index contributed by atoms with van der Waals surface area (Å²) >= 11 is 23.5. The molecule has 0 radical (unpaired) electrons. The maximum atomic E-state index is 11.9. The fraction of sp³-hybridized carbons (Fsp3) is 0. The van der Waals surface area contributed by atoms with Gasteiger partial charge in [-0.3, -0.25) is 0 Å². The molecule has 0 saturated heterocycles. The van der Waals surface area contributed by atoms with E-state index in [2.05, 4.69) is 10.6 Å². The van der Waals surface area contributed by atoms with Crippen molar-refractivity contribution < 1.29 is 4.79 Å². The van der Waals surface area contributed by atoms with E-state index in [4.69, 9.17) is 46.4 Å². The van der Waals surface area contributed by atoms with Crippen molar-refractivity contribution in [3.8, 4) is 0 Å². The number of benzene rings is 2. The van der Waals surface area contributed by atoms with Gasteiger partial charge in [-0.15, -0.1) is 0 Å². The zero-order chi connectivity index (χ0) is 14.7. The van der Waals surface area contributed by atoms with Crippen molar-refractivity contribution in [1.82, 2.24) is 0 Å². The fourth-order valence-electron chi connectivity index (χ4n) is 1.50. The minimum atomic E-state index is -0.479. The maximum absolute atomic E-state index is 11.9. The lowest BCUT2D eigenvalue weighted by Crippen LogP contribution is -2.19. The van der Waals surface area contributed by atoms with Gasteiger partial charge >= 0.3 is 6.03 Å². The number of nitrogens with one attached hydrogen (secondary N) is 2. The van der Waals surface area contributed by atoms with E-state index in [1.165, 1.54) is 0 Å². The molecule has 104 valence electrons. The Balaban J connectivity index is 2.11. The first-order valence-electron chi connectivity index (χ1n) is 5.43. The van der Waals surface area contributed by atoms with Crippen LogP contribution in [0.5, 0.6) is 0 Å². The molecule has 0 aliphatic rings. The summed E-state index contributed by atoms with van der Waals surface area (Å²) in [6.45, 7) is 0. The zero-order valence-corrected chi connectivity index (χ0v) is 12.9. The van der Waals surface area contributed by atoms with Gasteiger partial charge < -0.3 is 10.6 Å². The summed E-state index contributed by atoms with van der Waals surface area (Å²) in [5.41, 5.74) is 0.878. The number of halogens is 4. The number of hydrogen-bond donors (Lipinski definition) is 2. The van der Waals surface area contributed by atoms with Gasteiger partial charge in [0.15, 0.2) is 0 Å². The first kappa shape index (κ1) is 15.3. The molecule has 2 aromatic carbocycles. The lowest BCUT2D eigenvalue weighted by Gasteiger charge is -2.10. The van der Waals surface area contributed by atoms with E-state index in [9.17, 15) is 4.79 Å². The highest BCUT2D eigenvalue weighted by Crippen LogP contribution is 2.26. The smallest absolute Gasteiger partial charge is 0.308 e. The second-order valence-electron chi connectivity index (χ2n) is 3.86. The van der Waals surface area contributed by atoms with E-state index in [0.717, 1.165) is 0 Å². The fourth-order valence-corrected chi connectivity index (χ4v) is 2.37. The highest BCUT2D eigenvalue weighted by molar-refractivity contribution is 6.36. The van der Waals surface area contributed by atoms with Crippen LogP contribution in [0.3, 0.4) is 0 Å². The summed E-state index contributed by atoms with van der Waals surface area (Å²) in [6.07, 6.45) is 0. The number of anilines is 2. The molecular weight excluding hydrogens is 342 g/mol. The molecule has 20 heavy (non-hydrogen) atoms. The standard InChI is InChI=1S/C13H8Cl4N2O/c14-7-1-2-11(17)12(6-7)19-13(20)18-10-4-8(15)3-9(16)5-10/h1-6H,(H2,18,19,20). The highest BCUT2D eigenvalue weighted by Gasteiger charge is 2.07. The molecule has 0 spiro atoms. The number of carbonyl (C=O) groups is 1. The average molecular weight is 350 g/mol. The summed E-state index contributed by atoms with van der Waals surface area (Å²) in [5.74, 6) is 0. The first-order chi connectivity index (χ1) is 9.44. The topological polar surface area (TPSA) is 41.1 Å². The van der Waals surface area contributed by atoms with Crippen LogP contribution in [-0.2, 0) is 0 Å². The highest BCUT2D eigenvalue weighted by atomic mass is 35.5. The Labute approximate surface area is 135 Å². The molecule has 0 aliphatic carbocycles. The summed E-state index contributed by atoms with van der Waals surface area (Å²) < 4.78 is 0. The van der Waals surface area contributed by atoms with E-state index in [-0.39, 0.29) is 0 Å². The maximum Gasteiger partial charge on any atom is 0.323 e. The third kappa shape index (κ3) is 4.18. The number of amides is 2. The number of rotatable bonds is 2. The lowest BCUT2D eigenvalue weighted by molar-refractivity contribution is 0.262. The van der Waals surface area contributed by atoms with Crippen LogP contribution in [0.15, 0.2) is 36.4 Å². The summed E-state index contributed by atoms with van der Waals surface area (Å²) in [5, 5.41) is 6.88. The molecule has 0 fully saturated rings. The number of urea groups is 1. The molecule has 0 aromatic heterocycles. The van der Waals surface area contributed by atoms with E-state index in [1.54, 1.807) is 36.4 Å². The molecule has 0 saturated carbocycles. The van der Waals surface area contributed by atoms with Crippen molar-refractivity contribution in [2.75, 3.05) is 10.6 Å². The molecule has 0 aliphatic heterocycles. The van der Waals surface area contributed by atoms with Gasteiger partial charge in [-0.2, -0.15) is 0 Å². The van der Waals surface area contributed by atoms with Gasteiger partial charge in [-0.05, 0) is 36.4 Å². The molecule has 2 N–H and O–H groups in total. The molecular formula is C13H8Cl4N2O. The molecule has 0 atom stereocenters. The molecule has 0 heterocycles. The Hall–Kier alpha value is -1.13. The summed E-state index contributed by atoms with van der Waals surface area (Å²) in [6, 6.07) is 9.01. The number of carbonyl (C=O) groups excluding carboxylic acids is 1. The largest absolute Gasteiger partial charge is 0.323 e. The Bertz CT molecular complexity index is 641. The Morgan fingerprint density at radius 3 is 2.10 bits per heavy atom. The third-order valence-corrected chi connectivity index (χ3v) is 3.30. The van der Waals surface area contributed by atoms with Crippen LogP contribution in [0, 0.1) is 0 Å². The van der Waals surface area contributed by atoms with Gasteiger partial charge in [-0.25, -0.2) is 4.79 Å². The van der Waals surface area contributed by atoms with Crippen molar-refractivity contribution in [1.29, 1.82) is 0 Å². The van der Waals surface area contributed by atoms with E-state index >= 15 is 0 Å². The van der Waals surface area contributed by atoms with Crippen LogP contribution in [0.25, 0.3) is 0 Å². The molecule has 2 amide bonds. The number of hydrogen-bond acceptors (Lipinski definition) is 1. The van der Waals surface area contributed by atoms with Gasteiger partial charge in [0.1, 0.15) is 0 Å². The van der Waals surface area contributed by atoms with Crippen LogP contribution in [-0.4, -0.2) is 6.03 Å². The quantitative estimate of drug-likeness (QED) is 0.691. The minimum Gasteiger partial charge on any atom is -0.308 e. The first-order valence-corrected chi connectivity index (χ1v) is 6.94. The molecule has 0 unspecified atom stereocenters. The third-order valence-electron chi connectivity index (χ3n) is 2.30. The monoisotopic (exact) mass is 348 g/mol. The van der Waals surface area contributed by atoms with Crippen LogP contribution in [0.1, 0.15) is 0 Å². The van der Waals surface area contributed by atoms with Crippen molar-refractivity contribution in [2.24, 2.45) is 0 Å². The van der Waals surface area contributed by atoms with Gasteiger partial charge in [-0.1, -0.05) is 46.4 Å². The Morgan fingerprint density at radius 2 is 1.45 bits per heavy atom. The molecule has 2 rings (SSSR count). The van der Waals surface area contributed by atoms with Crippen LogP contribution in [0.4, 0.5) is 16.2 Å². The average Bonchev–Trinajstić information content (AvgIpc) is 2.32. The van der Waals surface area contributed by atoms with Crippen LogP contribution in [0.2, 0.25) is 20.1 Å². The zero-order valence-electron chi connectivity index (χ0n) is 9.88. The van der Waals surface area contributed by atoms with Gasteiger partial charge in [0.2, 0.25) is 0 Å². The van der Waals surface area contributed by atoms with Crippen molar-refractivity contribution in [3.63, 3.8) is 0 Å². The summed E-state index contributed by atoms with van der Waals surface area (Å²) in [7, 11) is 0. The van der Waals surface area contributed by atoms with Crippen LogP contribution >= 0.6 is 46.4 Å². The molecule has 3 nitrogen and oxygen atoms in total. The Morgan fingerprint density at radius 1 is 0.800 bits per heavy atom.